The minimum Gasteiger partial charge on any atom is -0.456 e. The van der Waals surface area contributed by atoms with Gasteiger partial charge in [-0.2, -0.15) is 5.26 Å². The molecular weight excluding hydrogens is 398 g/mol. The van der Waals surface area contributed by atoms with E-state index in [-0.39, 0.29) is 5.75 Å². The summed E-state index contributed by atoms with van der Waals surface area (Å²) >= 11 is 6.81. The monoisotopic (exact) mass is 419 g/mol. The van der Waals surface area contributed by atoms with Gasteiger partial charge in [0, 0.05) is 18.6 Å². The summed E-state index contributed by atoms with van der Waals surface area (Å²) in [5.41, 5.74) is 1.35. The highest BCUT2D eigenvalue weighted by molar-refractivity contribution is 6.33. The molecule has 3 rings (SSSR count). The molecule has 0 aliphatic rings. The van der Waals surface area contributed by atoms with Crippen molar-refractivity contribution in [1.29, 1.82) is 5.26 Å². The largest absolute Gasteiger partial charge is 0.456 e. The van der Waals surface area contributed by atoms with E-state index < -0.39 is 11.4 Å². The Morgan fingerprint density at radius 2 is 1.63 bits per heavy atom. The molecule has 0 amide bonds. The summed E-state index contributed by atoms with van der Waals surface area (Å²) in [6, 6.07) is 22.9. The van der Waals surface area contributed by atoms with Gasteiger partial charge in [-0.1, -0.05) is 60.1 Å². The van der Waals surface area contributed by atoms with Crippen molar-refractivity contribution in [3.8, 4) is 23.3 Å². The number of nitriles is 1. The van der Waals surface area contributed by atoms with E-state index in [0.29, 0.717) is 34.1 Å². The van der Waals surface area contributed by atoms with E-state index in [2.05, 4.69) is 6.07 Å². The SMILES string of the molecule is CC(=O)Oc1cc(Oc2ccccc2)c(Cl)c(Cc2ccccc2)c1C(C)(C)C#N. The fraction of sp³-hybridized carbons (Fsp3) is 0.200. The zero-order valence-corrected chi connectivity index (χ0v) is 17.9. The van der Waals surface area contributed by atoms with Crippen LogP contribution >= 0.6 is 11.6 Å². The zero-order chi connectivity index (χ0) is 21.7. The second-order valence-electron chi connectivity index (χ2n) is 7.45. The van der Waals surface area contributed by atoms with Gasteiger partial charge in [-0.25, -0.2) is 0 Å². The predicted octanol–water partition coefficient (Wildman–Crippen LogP) is 6.45. The van der Waals surface area contributed by atoms with Gasteiger partial charge < -0.3 is 9.47 Å². The van der Waals surface area contributed by atoms with Crippen LogP contribution in [0, 0.1) is 11.3 Å². The first-order chi connectivity index (χ1) is 14.3. The predicted molar refractivity (Wildman–Crippen MR) is 117 cm³/mol. The van der Waals surface area contributed by atoms with Gasteiger partial charge in [-0.05, 0) is 43.5 Å². The second kappa shape index (κ2) is 9.02. The quantitative estimate of drug-likeness (QED) is 0.340. The maximum atomic E-state index is 11.8. The highest BCUT2D eigenvalue weighted by Crippen LogP contribution is 2.45. The number of carbonyl (C=O) groups excluding carboxylic acids is 1. The molecule has 30 heavy (non-hydrogen) atoms. The van der Waals surface area contributed by atoms with Gasteiger partial charge in [-0.3, -0.25) is 4.79 Å². The van der Waals surface area contributed by atoms with E-state index in [9.17, 15) is 10.1 Å². The van der Waals surface area contributed by atoms with Gasteiger partial charge >= 0.3 is 5.97 Å². The first-order valence-corrected chi connectivity index (χ1v) is 9.92. The van der Waals surface area contributed by atoms with E-state index in [4.69, 9.17) is 21.1 Å². The van der Waals surface area contributed by atoms with Crippen LogP contribution < -0.4 is 9.47 Å². The summed E-state index contributed by atoms with van der Waals surface area (Å²) in [7, 11) is 0. The molecule has 0 aliphatic carbocycles. The van der Waals surface area contributed by atoms with Gasteiger partial charge in [0.25, 0.3) is 0 Å². The molecule has 0 radical (unpaired) electrons. The molecule has 3 aromatic rings. The molecule has 0 aromatic heterocycles. The summed E-state index contributed by atoms with van der Waals surface area (Å²) in [6.45, 7) is 4.88. The number of esters is 1. The Kier molecular flexibility index (Phi) is 6.44. The fourth-order valence-corrected chi connectivity index (χ4v) is 3.55. The summed E-state index contributed by atoms with van der Waals surface area (Å²) in [6.07, 6.45) is 0.459. The lowest BCUT2D eigenvalue weighted by Crippen LogP contribution is -2.20. The van der Waals surface area contributed by atoms with E-state index >= 15 is 0 Å². The van der Waals surface area contributed by atoms with Crippen LogP contribution in [0.5, 0.6) is 17.2 Å². The van der Waals surface area contributed by atoms with Crippen molar-refractivity contribution in [2.75, 3.05) is 0 Å². The molecule has 0 unspecified atom stereocenters. The molecule has 0 fully saturated rings. The number of para-hydroxylation sites is 1. The van der Waals surface area contributed by atoms with Crippen molar-refractivity contribution in [3.63, 3.8) is 0 Å². The molecule has 152 valence electrons. The molecule has 3 aromatic carbocycles. The number of benzene rings is 3. The summed E-state index contributed by atoms with van der Waals surface area (Å²) in [5, 5.41) is 10.2. The number of hydrogen-bond donors (Lipinski definition) is 0. The first-order valence-electron chi connectivity index (χ1n) is 9.54. The molecule has 0 N–H and O–H groups in total. The Morgan fingerprint density at radius 1 is 1.03 bits per heavy atom. The minimum absolute atomic E-state index is 0.273. The van der Waals surface area contributed by atoms with Crippen molar-refractivity contribution in [2.45, 2.75) is 32.6 Å². The summed E-state index contributed by atoms with van der Waals surface area (Å²) in [5.74, 6) is 0.757. The van der Waals surface area contributed by atoms with Gasteiger partial charge in [0.15, 0.2) is 0 Å². The topological polar surface area (TPSA) is 59.3 Å². The lowest BCUT2D eigenvalue weighted by molar-refractivity contribution is -0.131. The van der Waals surface area contributed by atoms with Crippen LogP contribution in [-0.4, -0.2) is 5.97 Å². The fourth-order valence-electron chi connectivity index (χ4n) is 3.29. The average Bonchev–Trinajstić information content (AvgIpc) is 2.72. The van der Waals surface area contributed by atoms with Gasteiger partial charge in [0.05, 0.1) is 16.5 Å². The Hall–Kier alpha value is -3.29. The van der Waals surface area contributed by atoms with E-state index in [1.54, 1.807) is 19.9 Å². The van der Waals surface area contributed by atoms with Gasteiger partial charge in [-0.15, -0.1) is 0 Å². The van der Waals surface area contributed by atoms with Crippen molar-refractivity contribution in [1.82, 2.24) is 0 Å². The molecule has 4 nitrogen and oxygen atoms in total. The van der Waals surface area contributed by atoms with Crippen LogP contribution in [0.2, 0.25) is 5.02 Å². The highest BCUT2D eigenvalue weighted by Gasteiger charge is 2.32. The van der Waals surface area contributed by atoms with Crippen LogP contribution in [0.25, 0.3) is 0 Å². The summed E-state index contributed by atoms with van der Waals surface area (Å²) < 4.78 is 11.5. The average molecular weight is 420 g/mol. The van der Waals surface area contributed by atoms with Crippen molar-refractivity contribution < 1.29 is 14.3 Å². The third-order valence-electron chi connectivity index (χ3n) is 4.64. The molecule has 0 saturated carbocycles. The zero-order valence-electron chi connectivity index (χ0n) is 17.1. The second-order valence-corrected chi connectivity index (χ2v) is 7.83. The van der Waals surface area contributed by atoms with E-state index in [0.717, 1.165) is 5.56 Å². The molecule has 0 aliphatic heterocycles. The number of halogens is 1. The molecular formula is C25H22ClNO3. The Balaban J connectivity index is 2.24. The molecule has 0 heterocycles. The van der Waals surface area contributed by atoms with Gasteiger partial charge in [0.2, 0.25) is 0 Å². The molecule has 0 atom stereocenters. The van der Waals surface area contributed by atoms with E-state index in [1.165, 1.54) is 6.92 Å². The van der Waals surface area contributed by atoms with Crippen molar-refractivity contribution >= 4 is 17.6 Å². The molecule has 0 saturated heterocycles. The number of hydrogen-bond acceptors (Lipinski definition) is 4. The Labute approximate surface area is 181 Å². The van der Waals surface area contributed by atoms with Crippen LogP contribution in [0.3, 0.4) is 0 Å². The lowest BCUT2D eigenvalue weighted by atomic mass is 9.80. The van der Waals surface area contributed by atoms with Crippen LogP contribution in [0.4, 0.5) is 0 Å². The van der Waals surface area contributed by atoms with Crippen molar-refractivity contribution in [3.05, 3.63) is 88.4 Å². The van der Waals surface area contributed by atoms with Crippen LogP contribution in [0.15, 0.2) is 66.7 Å². The van der Waals surface area contributed by atoms with Crippen LogP contribution in [0.1, 0.15) is 37.5 Å². The Morgan fingerprint density at radius 3 is 2.20 bits per heavy atom. The molecule has 0 spiro atoms. The number of carbonyl (C=O) groups is 1. The normalized spacial score (nSPS) is 10.9. The third kappa shape index (κ3) is 4.82. The number of ether oxygens (including phenoxy) is 2. The maximum absolute atomic E-state index is 11.8. The maximum Gasteiger partial charge on any atom is 0.308 e. The number of rotatable bonds is 6. The standard InChI is InChI=1S/C25H22ClNO3/c1-17(28)29-21-15-22(30-19-12-8-5-9-13-19)24(26)20(23(21)25(2,3)16-27)14-18-10-6-4-7-11-18/h4-13,15H,14H2,1-3H3. The lowest BCUT2D eigenvalue weighted by Gasteiger charge is -2.26. The van der Waals surface area contributed by atoms with E-state index in [1.807, 2.05) is 60.7 Å². The Bertz CT molecular complexity index is 1090. The number of nitrogens with zero attached hydrogens (tertiary/aromatic N) is 1. The first kappa shape index (κ1) is 21.4. The molecule has 5 heteroatoms. The van der Waals surface area contributed by atoms with Crippen molar-refractivity contribution in [2.24, 2.45) is 0 Å². The molecule has 0 bridgehead atoms. The van der Waals surface area contributed by atoms with Gasteiger partial charge in [0.1, 0.15) is 17.2 Å². The minimum atomic E-state index is -0.941. The smallest absolute Gasteiger partial charge is 0.308 e. The highest BCUT2D eigenvalue weighted by atomic mass is 35.5. The third-order valence-corrected chi connectivity index (χ3v) is 5.06. The van der Waals surface area contributed by atoms with Crippen LogP contribution in [-0.2, 0) is 16.6 Å². The summed E-state index contributed by atoms with van der Waals surface area (Å²) in [4.78, 5) is 11.8.